The summed E-state index contributed by atoms with van der Waals surface area (Å²) in [5, 5.41) is 15.8. The standard InChI is InChI=1S/C14H19N3O8S.C10H15N3O5S/c1-24-11(21)4-8-12-7(5-26-8)17(13(22)16-12)14(23)25-6-15-9(18)2-3-10(19)20;1-17-7(14)2-6-8-5(3-19-6)13(9(15)12-8)10(16)18-4-11/h7-8,12H,2-6H2,1H3,(H,15,18)(H,16,22)(H,19,20);5-6,8H,2-4,11H2,1H3,(H,12,15). The van der Waals surface area contributed by atoms with Crippen LogP contribution in [-0.2, 0) is 38.1 Å². The molecule has 0 aromatic heterocycles. The molecular formula is C24H34N6O13S2. The van der Waals surface area contributed by atoms with Crippen LogP contribution in [0.2, 0.25) is 0 Å². The van der Waals surface area contributed by atoms with Crippen LogP contribution in [0, 0.1) is 0 Å². The van der Waals surface area contributed by atoms with Gasteiger partial charge in [-0.25, -0.2) is 29.0 Å². The number of carbonyl (C=O) groups excluding carboxylic acids is 7. The summed E-state index contributed by atoms with van der Waals surface area (Å²) in [7, 11) is 2.60. The number of nitrogens with two attached hydrogens (primary N) is 1. The van der Waals surface area contributed by atoms with E-state index < -0.39 is 54.9 Å². The zero-order chi connectivity index (χ0) is 33.3. The van der Waals surface area contributed by atoms with Crippen molar-refractivity contribution in [1.82, 2.24) is 25.8 Å². The Bertz CT molecular complexity index is 1190. The first-order valence-electron chi connectivity index (χ1n) is 13.5. The van der Waals surface area contributed by atoms with E-state index in [9.17, 15) is 38.4 Å². The first-order valence-corrected chi connectivity index (χ1v) is 15.6. The zero-order valence-corrected chi connectivity index (χ0v) is 25.9. The van der Waals surface area contributed by atoms with E-state index in [2.05, 4.69) is 30.2 Å². The van der Waals surface area contributed by atoms with Crippen LogP contribution in [0.25, 0.3) is 0 Å². The van der Waals surface area contributed by atoms with Gasteiger partial charge < -0.3 is 40.0 Å². The summed E-state index contributed by atoms with van der Waals surface area (Å²) >= 11 is 2.97. The molecule has 4 rings (SSSR count). The van der Waals surface area contributed by atoms with E-state index in [1.807, 2.05) is 0 Å². The number of carboxylic acids is 1. The molecule has 6 N–H and O–H groups in total. The number of amides is 7. The number of thioether (sulfide) groups is 2. The number of nitrogens with one attached hydrogen (secondary N) is 3. The number of fused-ring (bicyclic) bond motifs is 2. The second-order valence-corrected chi connectivity index (χ2v) is 12.3. The van der Waals surface area contributed by atoms with Gasteiger partial charge in [0.15, 0.2) is 6.73 Å². The Hall–Kier alpha value is -3.98. The molecule has 250 valence electrons. The Morgan fingerprint density at radius 1 is 0.844 bits per heavy atom. The van der Waals surface area contributed by atoms with Gasteiger partial charge in [0.25, 0.3) is 0 Å². The first kappa shape index (κ1) is 35.5. The highest BCUT2D eigenvalue weighted by Gasteiger charge is 2.53. The van der Waals surface area contributed by atoms with Crippen molar-refractivity contribution in [2.24, 2.45) is 5.73 Å². The minimum Gasteiger partial charge on any atom is -0.481 e. The Morgan fingerprint density at radius 2 is 1.31 bits per heavy atom. The van der Waals surface area contributed by atoms with Crippen LogP contribution in [0.4, 0.5) is 19.2 Å². The summed E-state index contributed by atoms with van der Waals surface area (Å²) in [5.74, 6) is -1.43. The zero-order valence-electron chi connectivity index (χ0n) is 24.3. The fourth-order valence-electron chi connectivity index (χ4n) is 4.93. The fraction of sp³-hybridized carbons (Fsp3) is 0.667. The second kappa shape index (κ2) is 16.4. The van der Waals surface area contributed by atoms with Gasteiger partial charge in [0.2, 0.25) is 5.91 Å². The highest BCUT2D eigenvalue weighted by Crippen LogP contribution is 2.37. The van der Waals surface area contributed by atoms with Gasteiger partial charge in [0.05, 0.1) is 57.6 Å². The number of carboxylic acid groups (broad SMARTS) is 1. The maximum absolute atomic E-state index is 12.1. The molecule has 19 nitrogen and oxygen atoms in total. The van der Waals surface area contributed by atoms with Gasteiger partial charge >= 0.3 is 42.2 Å². The average Bonchev–Trinajstić information content (AvgIpc) is 3.73. The van der Waals surface area contributed by atoms with Gasteiger partial charge in [-0.15, -0.1) is 0 Å². The van der Waals surface area contributed by atoms with Gasteiger partial charge in [-0.3, -0.25) is 24.9 Å². The van der Waals surface area contributed by atoms with Crippen LogP contribution in [0.3, 0.4) is 0 Å². The van der Waals surface area contributed by atoms with E-state index >= 15 is 0 Å². The van der Waals surface area contributed by atoms with Crippen LogP contribution in [0.5, 0.6) is 0 Å². The molecule has 0 aliphatic carbocycles. The third kappa shape index (κ3) is 9.03. The lowest BCUT2D eigenvalue weighted by molar-refractivity contribution is -0.141. The largest absolute Gasteiger partial charge is 0.481 e. The van der Waals surface area contributed by atoms with Gasteiger partial charge in [-0.1, -0.05) is 0 Å². The van der Waals surface area contributed by atoms with E-state index in [0.29, 0.717) is 11.5 Å². The summed E-state index contributed by atoms with van der Waals surface area (Å²) in [6, 6.07) is -2.56. The van der Waals surface area contributed by atoms with Gasteiger partial charge in [0.1, 0.15) is 6.73 Å². The number of methoxy groups -OCH3 is 2. The molecule has 45 heavy (non-hydrogen) atoms. The lowest BCUT2D eigenvalue weighted by Crippen LogP contribution is -2.43. The molecule has 4 aliphatic rings. The number of urea groups is 2. The SMILES string of the molecule is COC(=O)CC1SCC2C1NC(=O)N2C(=O)OCN.COC(=O)CC1SCC2C1NC(=O)N2C(=O)OCNC(=O)CCC(=O)O. The molecule has 0 saturated carbocycles. The molecule has 0 aromatic carbocycles. The summed E-state index contributed by atoms with van der Waals surface area (Å²) in [6.45, 7) is -0.754. The maximum atomic E-state index is 12.1. The summed E-state index contributed by atoms with van der Waals surface area (Å²) in [6.07, 6.45) is -1.95. The molecule has 0 spiro atoms. The maximum Gasteiger partial charge on any atom is 0.420 e. The number of hydrogen-bond donors (Lipinski definition) is 5. The molecule has 6 atom stereocenters. The van der Waals surface area contributed by atoms with E-state index in [1.54, 1.807) is 0 Å². The predicted octanol–water partition coefficient (Wildman–Crippen LogP) is -1.02. The van der Waals surface area contributed by atoms with E-state index in [1.165, 1.54) is 37.7 Å². The monoisotopic (exact) mass is 678 g/mol. The topological polar surface area (TPSA) is 262 Å². The number of aliphatic carboxylic acids is 1. The average molecular weight is 679 g/mol. The lowest BCUT2D eigenvalue weighted by atomic mass is 10.1. The summed E-state index contributed by atoms with van der Waals surface area (Å²) in [5.41, 5.74) is 5.12. The molecule has 7 amide bonds. The number of carbonyl (C=O) groups is 8. The van der Waals surface area contributed by atoms with Crippen molar-refractivity contribution in [3.05, 3.63) is 0 Å². The summed E-state index contributed by atoms with van der Waals surface area (Å²) in [4.78, 5) is 94.0. The Balaban J connectivity index is 0.000000257. The second-order valence-electron chi connectivity index (χ2n) is 9.75. The van der Waals surface area contributed by atoms with E-state index in [-0.39, 0.29) is 67.0 Å². The molecular weight excluding hydrogens is 644 g/mol. The van der Waals surface area contributed by atoms with Gasteiger partial charge in [-0.05, 0) is 0 Å². The number of rotatable bonds is 10. The van der Waals surface area contributed by atoms with Gasteiger partial charge in [-0.2, -0.15) is 23.5 Å². The van der Waals surface area contributed by atoms with Crippen LogP contribution in [-0.4, -0.2) is 137 Å². The number of nitrogens with zero attached hydrogens (tertiary/aromatic N) is 2. The Morgan fingerprint density at radius 3 is 1.73 bits per heavy atom. The van der Waals surface area contributed by atoms with Crippen LogP contribution in [0.15, 0.2) is 0 Å². The number of imide groups is 2. The highest BCUT2D eigenvalue weighted by molar-refractivity contribution is 8.00. The molecule has 4 aliphatic heterocycles. The van der Waals surface area contributed by atoms with Crippen LogP contribution < -0.4 is 21.7 Å². The smallest absolute Gasteiger partial charge is 0.420 e. The van der Waals surface area contributed by atoms with Crippen molar-refractivity contribution in [2.45, 2.75) is 60.4 Å². The van der Waals surface area contributed by atoms with Crippen molar-refractivity contribution in [3.63, 3.8) is 0 Å². The number of esters is 2. The molecule has 4 saturated heterocycles. The normalized spacial score (nSPS) is 25.9. The first-order chi connectivity index (χ1) is 21.4. The number of hydrogen-bond acceptors (Lipinski definition) is 15. The minimum absolute atomic E-state index is 0.0999. The van der Waals surface area contributed by atoms with E-state index in [4.69, 9.17) is 15.6 Å². The molecule has 21 heteroatoms. The molecule has 4 fully saturated rings. The highest BCUT2D eigenvalue weighted by atomic mass is 32.2. The van der Waals surface area contributed by atoms with Crippen molar-refractivity contribution in [3.8, 4) is 0 Å². The quantitative estimate of drug-likeness (QED) is 0.0801. The molecule has 6 unspecified atom stereocenters. The Labute approximate surface area is 264 Å². The van der Waals surface area contributed by atoms with Crippen molar-refractivity contribution in [1.29, 1.82) is 0 Å². The Kier molecular flexibility index (Phi) is 12.9. The molecule has 0 aromatic rings. The van der Waals surface area contributed by atoms with Crippen LogP contribution in [0.1, 0.15) is 25.7 Å². The molecule has 0 radical (unpaired) electrons. The summed E-state index contributed by atoms with van der Waals surface area (Å²) < 4.78 is 18.7. The fourth-order valence-corrected chi connectivity index (χ4v) is 7.95. The van der Waals surface area contributed by atoms with Crippen molar-refractivity contribution < 1.29 is 62.4 Å². The van der Waals surface area contributed by atoms with Crippen LogP contribution >= 0.6 is 23.5 Å². The van der Waals surface area contributed by atoms with E-state index in [0.717, 1.165) is 9.80 Å². The molecule has 4 heterocycles. The van der Waals surface area contributed by atoms with Gasteiger partial charge in [0, 0.05) is 28.4 Å². The third-order valence-electron chi connectivity index (χ3n) is 7.10. The predicted molar refractivity (Wildman–Crippen MR) is 154 cm³/mol. The third-order valence-corrected chi connectivity index (χ3v) is 9.94. The lowest BCUT2D eigenvalue weighted by Gasteiger charge is -2.19. The minimum atomic E-state index is -1.11. The number of ether oxygens (including phenoxy) is 4. The van der Waals surface area contributed by atoms with Crippen molar-refractivity contribution in [2.75, 3.05) is 39.2 Å². The van der Waals surface area contributed by atoms with Crippen molar-refractivity contribution >= 4 is 71.6 Å². The molecule has 0 bridgehead atoms.